The topological polar surface area (TPSA) is 78.9 Å². The molecule has 2 N–H and O–H groups in total. The molecular formula is C18H13ClF3N7. The molecule has 0 bridgehead atoms. The summed E-state index contributed by atoms with van der Waals surface area (Å²) >= 11 is 6.18. The number of fused-ring (bicyclic) bond motifs is 1. The monoisotopic (exact) mass is 419 g/mol. The fraction of sp³-hybridized carbons (Fsp3) is 0.111. The van der Waals surface area contributed by atoms with Gasteiger partial charge in [0.05, 0.1) is 22.5 Å². The van der Waals surface area contributed by atoms with E-state index < -0.39 is 11.7 Å². The molecule has 11 heteroatoms. The first-order valence-electron chi connectivity index (χ1n) is 8.31. The lowest BCUT2D eigenvalue weighted by Gasteiger charge is -2.26. The number of rotatable bonds is 3. The average Bonchev–Trinajstić information content (AvgIpc) is 2.67. The normalized spacial score (nSPS) is 13.4. The minimum Gasteiger partial charge on any atom is -0.337 e. The van der Waals surface area contributed by atoms with E-state index in [0.29, 0.717) is 33.6 Å². The smallest absolute Gasteiger partial charge is 0.337 e. The van der Waals surface area contributed by atoms with E-state index in [9.17, 15) is 13.2 Å². The fourth-order valence-corrected chi connectivity index (χ4v) is 2.89. The fourth-order valence-electron chi connectivity index (χ4n) is 2.67. The van der Waals surface area contributed by atoms with Crippen LogP contribution in [0, 0.1) is 0 Å². The Morgan fingerprint density at radius 1 is 1.07 bits per heavy atom. The predicted octanol–water partition coefficient (Wildman–Crippen LogP) is 4.29. The first kappa shape index (κ1) is 18.9. The van der Waals surface area contributed by atoms with E-state index in [0.717, 1.165) is 12.3 Å². The van der Waals surface area contributed by atoms with E-state index >= 15 is 0 Å². The van der Waals surface area contributed by atoms with Crippen LogP contribution in [0.25, 0.3) is 17.1 Å². The second-order valence-electron chi connectivity index (χ2n) is 6.11. The second kappa shape index (κ2) is 7.21. The lowest BCUT2D eigenvalue weighted by atomic mass is 10.2. The SMILES string of the molecule is CN1C=C(Nc2ccc(C(F)(F)F)cn2)c2ncc(-c3ncccc3Cl)nc2N1. The summed E-state index contributed by atoms with van der Waals surface area (Å²) in [5.74, 6) is 0.674. The largest absolute Gasteiger partial charge is 0.417 e. The van der Waals surface area contributed by atoms with Gasteiger partial charge in [-0.25, -0.2) is 15.0 Å². The highest BCUT2D eigenvalue weighted by atomic mass is 35.5. The minimum atomic E-state index is -4.44. The van der Waals surface area contributed by atoms with E-state index in [2.05, 4.69) is 30.7 Å². The molecule has 4 rings (SSSR count). The number of pyridine rings is 2. The van der Waals surface area contributed by atoms with Gasteiger partial charge in [0, 0.05) is 25.6 Å². The lowest BCUT2D eigenvalue weighted by molar-refractivity contribution is -0.137. The van der Waals surface area contributed by atoms with E-state index in [1.807, 2.05) is 0 Å². The summed E-state index contributed by atoms with van der Waals surface area (Å²) < 4.78 is 38.1. The number of hydrogen-bond acceptors (Lipinski definition) is 7. The summed E-state index contributed by atoms with van der Waals surface area (Å²) in [5.41, 5.74) is 4.17. The van der Waals surface area contributed by atoms with Crippen LogP contribution in [0.1, 0.15) is 11.3 Å². The Hall–Kier alpha value is -3.40. The number of anilines is 2. The van der Waals surface area contributed by atoms with Crippen molar-refractivity contribution in [3.05, 3.63) is 65.3 Å². The Bertz CT molecular complexity index is 1080. The van der Waals surface area contributed by atoms with Gasteiger partial charge in [-0.2, -0.15) is 13.2 Å². The van der Waals surface area contributed by atoms with E-state index in [1.165, 1.54) is 12.3 Å². The number of nitrogens with one attached hydrogen (secondary N) is 2. The van der Waals surface area contributed by atoms with Crippen LogP contribution in [0.4, 0.5) is 24.8 Å². The summed E-state index contributed by atoms with van der Waals surface area (Å²) in [5, 5.41) is 5.04. The molecule has 0 aromatic carbocycles. The van der Waals surface area contributed by atoms with Gasteiger partial charge in [0.1, 0.15) is 22.9 Å². The average molecular weight is 420 g/mol. The number of hydrogen-bond donors (Lipinski definition) is 2. The molecule has 0 saturated carbocycles. The van der Waals surface area contributed by atoms with Crippen molar-refractivity contribution < 1.29 is 13.2 Å². The van der Waals surface area contributed by atoms with Crippen molar-refractivity contribution in [2.24, 2.45) is 0 Å². The van der Waals surface area contributed by atoms with E-state index in [4.69, 9.17) is 11.6 Å². The zero-order valence-electron chi connectivity index (χ0n) is 14.9. The van der Waals surface area contributed by atoms with Crippen LogP contribution in [0.15, 0.2) is 49.1 Å². The standard InChI is InChI=1S/C18H13ClF3N7/c1-29-9-13(26-14-5-4-10(7-24-14)18(20,21)22)16-17(28-29)27-12(8-25-16)15-11(19)3-2-6-23-15/h2-9H,1H3,(H,24,26)(H,27,28). The summed E-state index contributed by atoms with van der Waals surface area (Å²) in [7, 11) is 1.74. The molecule has 7 nitrogen and oxygen atoms in total. The highest BCUT2D eigenvalue weighted by Gasteiger charge is 2.30. The quantitative estimate of drug-likeness (QED) is 0.655. The molecule has 0 spiro atoms. The summed E-state index contributed by atoms with van der Waals surface area (Å²) in [6, 6.07) is 5.62. The van der Waals surface area contributed by atoms with Crippen molar-refractivity contribution in [1.82, 2.24) is 24.9 Å². The Morgan fingerprint density at radius 3 is 2.59 bits per heavy atom. The van der Waals surface area contributed by atoms with Gasteiger partial charge in [0.2, 0.25) is 0 Å². The number of aromatic nitrogens is 4. The summed E-state index contributed by atoms with van der Waals surface area (Å²) in [6.45, 7) is 0. The second-order valence-corrected chi connectivity index (χ2v) is 6.51. The van der Waals surface area contributed by atoms with Gasteiger partial charge >= 0.3 is 6.18 Å². The third kappa shape index (κ3) is 3.92. The van der Waals surface area contributed by atoms with Crippen molar-refractivity contribution >= 4 is 28.9 Å². The van der Waals surface area contributed by atoms with E-state index in [1.54, 1.807) is 36.6 Å². The Morgan fingerprint density at radius 2 is 1.90 bits per heavy atom. The molecule has 0 amide bonds. The summed E-state index contributed by atoms with van der Waals surface area (Å²) in [4.78, 5) is 17.0. The number of nitrogens with zero attached hydrogens (tertiary/aromatic N) is 5. The minimum absolute atomic E-state index is 0.240. The van der Waals surface area contributed by atoms with Gasteiger partial charge in [0.25, 0.3) is 0 Å². The van der Waals surface area contributed by atoms with Crippen LogP contribution in [0.2, 0.25) is 5.02 Å². The van der Waals surface area contributed by atoms with Gasteiger partial charge in [0.15, 0.2) is 5.82 Å². The van der Waals surface area contributed by atoms with Crippen molar-refractivity contribution in [3.63, 3.8) is 0 Å². The Balaban J connectivity index is 1.64. The maximum absolute atomic E-state index is 12.7. The van der Waals surface area contributed by atoms with Gasteiger partial charge in [-0.15, -0.1) is 0 Å². The van der Waals surface area contributed by atoms with Crippen molar-refractivity contribution in [2.45, 2.75) is 6.18 Å². The van der Waals surface area contributed by atoms with Crippen LogP contribution in [-0.2, 0) is 6.18 Å². The van der Waals surface area contributed by atoms with Crippen LogP contribution in [0.3, 0.4) is 0 Å². The third-order valence-electron chi connectivity index (χ3n) is 3.99. The highest BCUT2D eigenvalue weighted by molar-refractivity contribution is 6.32. The van der Waals surface area contributed by atoms with Crippen LogP contribution in [0.5, 0.6) is 0 Å². The first-order valence-corrected chi connectivity index (χ1v) is 8.69. The van der Waals surface area contributed by atoms with Crippen LogP contribution < -0.4 is 10.7 Å². The molecule has 148 valence electrons. The molecule has 0 fully saturated rings. The number of halogens is 4. The van der Waals surface area contributed by atoms with Gasteiger partial charge in [-0.3, -0.25) is 15.4 Å². The molecule has 4 heterocycles. The zero-order valence-corrected chi connectivity index (χ0v) is 15.6. The molecule has 3 aromatic rings. The first-order chi connectivity index (χ1) is 13.8. The Labute approximate surface area is 168 Å². The maximum atomic E-state index is 12.7. The molecule has 1 aliphatic rings. The third-order valence-corrected chi connectivity index (χ3v) is 4.29. The molecule has 0 aliphatic carbocycles. The van der Waals surface area contributed by atoms with Crippen LogP contribution in [-0.4, -0.2) is 32.0 Å². The summed E-state index contributed by atoms with van der Waals surface area (Å²) in [6.07, 6.45) is 1.14. The van der Waals surface area contributed by atoms with Crippen molar-refractivity contribution in [3.8, 4) is 11.4 Å². The highest BCUT2D eigenvalue weighted by Crippen LogP contribution is 2.32. The Kier molecular flexibility index (Phi) is 4.71. The molecule has 0 radical (unpaired) electrons. The van der Waals surface area contributed by atoms with Crippen LogP contribution >= 0.6 is 11.6 Å². The van der Waals surface area contributed by atoms with Gasteiger partial charge in [-0.05, 0) is 24.3 Å². The molecule has 0 unspecified atom stereocenters. The van der Waals surface area contributed by atoms with Gasteiger partial charge in [-0.1, -0.05) is 11.6 Å². The predicted molar refractivity (Wildman–Crippen MR) is 102 cm³/mol. The number of alkyl halides is 3. The number of hydrazine groups is 1. The lowest BCUT2D eigenvalue weighted by Crippen LogP contribution is -2.27. The molecule has 0 saturated heterocycles. The van der Waals surface area contributed by atoms with Crippen molar-refractivity contribution in [2.75, 3.05) is 17.8 Å². The van der Waals surface area contributed by atoms with Crippen molar-refractivity contribution in [1.29, 1.82) is 0 Å². The zero-order chi connectivity index (χ0) is 20.6. The molecule has 29 heavy (non-hydrogen) atoms. The molecule has 0 atom stereocenters. The molecule has 3 aromatic heterocycles. The molecular weight excluding hydrogens is 407 g/mol. The maximum Gasteiger partial charge on any atom is 0.417 e. The van der Waals surface area contributed by atoms with E-state index in [-0.39, 0.29) is 5.82 Å². The molecule has 1 aliphatic heterocycles. The van der Waals surface area contributed by atoms with Gasteiger partial charge < -0.3 is 5.32 Å².